The van der Waals surface area contributed by atoms with Crippen molar-refractivity contribution in [1.82, 2.24) is 0 Å². The standard InChI is InChI=1S/C28H38O7/c1-21(15-18-24(19-26(29)30)20-27(31)32)13-11-9-7-5-6-8-10-12-14-25(35-4)22(2)16-17-23(3)28(33)34/h6,8-12,15-19,21,25H,5,7,13-14,20H2,1-4H3,(H,29,30)(H,31,32)(H,33,34)/b8-6+,11-9+,12-10-,18-15-,22-16-,23-17+,24-19-/t21-,25+/m0/s1. The average molecular weight is 487 g/mol. The number of carbonyl (C=O) groups is 3. The van der Waals surface area contributed by atoms with Crippen LogP contribution in [0.15, 0.2) is 83.6 Å². The number of rotatable bonds is 17. The molecule has 7 nitrogen and oxygen atoms in total. The molecule has 0 heterocycles. The third kappa shape index (κ3) is 17.7. The van der Waals surface area contributed by atoms with Gasteiger partial charge in [-0.2, -0.15) is 0 Å². The highest BCUT2D eigenvalue weighted by atomic mass is 16.5. The molecule has 0 aliphatic heterocycles. The van der Waals surface area contributed by atoms with E-state index in [4.69, 9.17) is 20.1 Å². The van der Waals surface area contributed by atoms with Crippen molar-refractivity contribution in [2.45, 2.75) is 59.0 Å². The van der Waals surface area contributed by atoms with Crippen LogP contribution >= 0.6 is 0 Å². The Hall–Kier alpha value is -3.45. The van der Waals surface area contributed by atoms with Crippen molar-refractivity contribution in [3.05, 3.63) is 83.6 Å². The summed E-state index contributed by atoms with van der Waals surface area (Å²) < 4.78 is 5.47. The summed E-state index contributed by atoms with van der Waals surface area (Å²) in [5.41, 5.74) is 1.48. The number of ether oxygens (including phenoxy) is 1. The second kappa shape index (κ2) is 18.9. The lowest BCUT2D eigenvalue weighted by Crippen LogP contribution is -2.10. The quantitative estimate of drug-likeness (QED) is 0.101. The summed E-state index contributed by atoms with van der Waals surface area (Å²) in [5, 5.41) is 26.6. The van der Waals surface area contributed by atoms with Crippen LogP contribution < -0.4 is 0 Å². The molecule has 0 aromatic heterocycles. The molecule has 0 bridgehead atoms. The van der Waals surface area contributed by atoms with Crippen molar-refractivity contribution in [3.63, 3.8) is 0 Å². The van der Waals surface area contributed by atoms with Gasteiger partial charge in [0.05, 0.1) is 12.5 Å². The highest BCUT2D eigenvalue weighted by molar-refractivity contribution is 5.86. The van der Waals surface area contributed by atoms with E-state index in [0.29, 0.717) is 6.42 Å². The summed E-state index contributed by atoms with van der Waals surface area (Å²) in [6.07, 6.45) is 22.6. The van der Waals surface area contributed by atoms with Gasteiger partial charge in [-0.1, -0.05) is 67.7 Å². The highest BCUT2D eigenvalue weighted by Gasteiger charge is 2.07. The van der Waals surface area contributed by atoms with Gasteiger partial charge in [-0.25, -0.2) is 9.59 Å². The van der Waals surface area contributed by atoms with Crippen molar-refractivity contribution in [1.29, 1.82) is 0 Å². The van der Waals surface area contributed by atoms with Gasteiger partial charge in [-0.3, -0.25) is 4.79 Å². The summed E-state index contributed by atoms with van der Waals surface area (Å²) in [7, 11) is 1.63. The molecule has 0 saturated carbocycles. The predicted molar refractivity (Wildman–Crippen MR) is 138 cm³/mol. The van der Waals surface area contributed by atoms with Crippen LogP contribution in [0.2, 0.25) is 0 Å². The van der Waals surface area contributed by atoms with Gasteiger partial charge in [-0.15, -0.1) is 0 Å². The fraction of sp³-hybridized carbons (Fsp3) is 0.393. The maximum Gasteiger partial charge on any atom is 0.331 e. The molecule has 0 unspecified atom stereocenters. The summed E-state index contributed by atoms with van der Waals surface area (Å²) in [6, 6.07) is 0. The summed E-state index contributed by atoms with van der Waals surface area (Å²) in [4.78, 5) is 32.4. The minimum Gasteiger partial charge on any atom is -0.481 e. The molecule has 0 radical (unpaired) electrons. The number of aliphatic carboxylic acids is 3. The maximum absolute atomic E-state index is 10.9. The van der Waals surface area contributed by atoms with Crippen LogP contribution in [-0.4, -0.2) is 46.4 Å². The molecule has 0 aliphatic rings. The number of unbranched alkanes of at least 4 members (excludes halogenated alkanes) is 1. The number of methoxy groups -OCH3 is 1. The van der Waals surface area contributed by atoms with Gasteiger partial charge in [0.15, 0.2) is 0 Å². The predicted octanol–water partition coefficient (Wildman–Crippen LogP) is 5.89. The van der Waals surface area contributed by atoms with Gasteiger partial charge < -0.3 is 20.1 Å². The normalized spacial score (nSPS) is 15.5. The van der Waals surface area contributed by atoms with E-state index in [9.17, 15) is 14.4 Å². The van der Waals surface area contributed by atoms with Gasteiger partial charge in [0.2, 0.25) is 0 Å². The molecular formula is C28H38O7. The van der Waals surface area contributed by atoms with Crippen molar-refractivity contribution in [2.24, 2.45) is 5.92 Å². The molecule has 35 heavy (non-hydrogen) atoms. The van der Waals surface area contributed by atoms with Crippen molar-refractivity contribution in [3.8, 4) is 0 Å². The minimum absolute atomic E-state index is 0.115. The van der Waals surface area contributed by atoms with E-state index in [-0.39, 0.29) is 29.6 Å². The number of carboxylic acid groups (broad SMARTS) is 3. The van der Waals surface area contributed by atoms with Crippen molar-refractivity contribution >= 4 is 17.9 Å². The Balaban J connectivity index is 4.41. The molecule has 0 amide bonds. The Morgan fingerprint density at radius 3 is 2.14 bits per heavy atom. The molecule has 3 N–H and O–H groups in total. The van der Waals surface area contributed by atoms with Crippen molar-refractivity contribution < 1.29 is 34.4 Å². The van der Waals surface area contributed by atoms with Crippen molar-refractivity contribution in [2.75, 3.05) is 7.11 Å². The lowest BCUT2D eigenvalue weighted by atomic mass is 10.0. The molecule has 0 rings (SSSR count). The number of allylic oxidation sites excluding steroid dienone is 9. The topological polar surface area (TPSA) is 121 Å². The van der Waals surface area contributed by atoms with Crippen LogP contribution in [-0.2, 0) is 19.1 Å². The Labute approximate surface area is 208 Å². The highest BCUT2D eigenvalue weighted by Crippen LogP contribution is 2.12. The van der Waals surface area contributed by atoms with E-state index in [0.717, 1.165) is 30.9 Å². The zero-order chi connectivity index (χ0) is 26.6. The van der Waals surface area contributed by atoms with Gasteiger partial charge in [0.1, 0.15) is 0 Å². The van der Waals surface area contributed by atoms with Crippen LogP contribution in [0.3, 0.4) is 0 Å². The van der Waals surface area contributed by atoms with E-state index in [1.807, 2.05) is 38.2 Å². The smallest absolute Gasteiger partial charge is 0.331 e. The second-order valence-corrected chi connectivity index (χ2v) is 8.13. The van der Waals surface area contributed by atoms with Crippen LogP contribution in [0.25, 0.3) is 0 Å². The lowest BCUT2D eigenvalue weighted by molar-refractivity contribution is -0.136. The zero-order valence-corrected chi connectivity index (χ0v) is 21.0. The van der Waals surface area contributed by atoms with E-state index >= 15 is 0 Å². The first-order chi connectivity index (χ1) is 16.6. The van der Waals surface area contributed by atoms with Gasteiger partial charge in [0, 0.05) is 18.8 Å². The molecule has 0 saturated heterocycles. The minimum atomic E-state index is -1.16. The largest absolute Gasteiger partial charge is 0.481 e. The van der Waals surface area contributed by atoms with E-state index in [2.05, 4.69) is 18.2 Å². The molecular weight excluding hydrogens is 448 g/mol. The monoisotopic (exact) mass is 486 g/mol. The fourth-order valence-electron chi connectivity index (χ4n) is 2.84. The fourth-order valence-corrected chi connectivity index (χ4v) is 2.84. The van der Waals surface area contributed by atoms with Crippen LogP contribution in [0.1, 0.15) is 52.9 Å². The van der Waals surface area contributed by atoms with Gasteiger partial charge in [0.25, 0.3) is 0 Å². The van der Waals surface area contributed by atoms with Crippen LogP contribution in [0, 0.1) is 5.92 Å². The Bertz CT molecular complexity index is 898. The first-order valence-electron chi connectivity index (χ1n) is 11.5. The summed E-state index contributed by atoms with van der Waals surface area (Å²) in [6.45, 7) is 5.44. The van der Waals surface area contributed by atoms with Crippen LogP contribution in [0.5, 0.6) is 0 Å². The molecule has 0 fully saturated rings. The van der Waals surface area contributed by atoms with Gasteiger partial charge >= 0.3 is 17.9 Å². The molecule has 0 spiro atoms. The number of hydrogen-bond acceptors (Lipinski definition) is 4. The second-order valence-electron chi connectivity index (χ2n) is 8.13. The first kappa shape index (κ1) is 31.6. The number of carboxylic acids is 3. The molecule has 192 valence electrons. The summed E-state index contributed by atoms with van der Waals surface area (Å²) >= 11 is 0. The summed E-state index contributed by atoms with van der Waals surface area (Å²) in [5.74, 6) is -3.01. The maximum atomic E-state index is 10.9. The molecule has 0 aromatic carbocycles. The van der Waals surface area contributed by atoms with E-state index < -0.39 is 17.9 Å². The Morgan fingerprint density at radius 2 is 1.54 bits per heavy atom. The molecule has 2 atom stereocenters. The lowest BCUT2D eigenvalue weighted by Gasteiger charge is -2.13. The van der Waals surface area contributed by atoms with Gasteiger partial charge in [-0.05, 0) is 56.6 Å². The Kier molecular flexibility index (Phi) is 17.1. The Morgan fingerprint density at radius 1 is 0.886 bits per heavy atom. The molecule has 0 aromatic rings. The third-order valence-electron chi connectivity index (χ3n) is 4.94. The number of hydrogen-bond donors (Lipinski definition) is 3. The third-order valence-corrected chi connectivity index (χ3v) is 4.94. The van der Waals surface area contributed by atoms with E-state index in [1.54, 1.807) is 32.3 Å². The first-order valence-corrected chi connectivity index (χ1v) is 11.5. The van der Waals surface area contributed by atoms with E-state index in [1.165, 1.54) is 0 Å². The van der Waals surface area contributed by atoms with Crippen LogP contribution in [0.4, 0.5) is 0 Å². The molecule has 0 aliphatic carbocycles. The SMILES string of the molecule is CO[C@H](C/C=C\C=C\CC/C=C/C[C@H](C)/C=C\C(=C\C(=O)O)CC(=O)O)/C(C)=C\C=C(/C)C(=O)O. The zero-order valence-electron chi connectivity index (χ0n) is 21.0. The average Bonchev–Trinajstić information content (AvgIpc) is 2.78. The molecule has 7 heteroatoms.